The highest BCUT2D eigenvalue weighted by atomic mass is 16.5. The first-order valence-electron chi connectivity index (χ1n) is 9.49. The first-order chi connectivity index (χ1) is 13.9. The van der Waals surface area contributed by atoms with E-state index in [-0.39, 0.29) is 5.91 Å². The van der Waals surface area contributed by atoms with Crippen LogP contribution >= 0.6 is 0 Å². The van der Waals surface area contributed by atoms with Gasteiger partial charge >= 0.3 is 0 Å². The van der Waals surface area contributed by atoms with Crippen molar-refractivity contribution in [3.8, 4) is 0 Å². The number of carbonyl (C=O) groups excluding carboxylic acids is 1. The Morgan fingerprint density at radius 2 is 1.66 bits per heavy atom. The van der Waals surface area contributed by atoms with E-state index in [4.69, 9.17) is 9.05 Å². The number of aromatic nitrogens is 4. The summed E-state index contributed by atoms with van der Waals surface area (Å²) in [4.78, 5) is 16.6. The van der Waals surface area contributed by atoms with E-state index in [1.165, 1.54) is 0 Å². The molecule has 29 heavy (non-hydrogen) atoms. The van der Waals surface area contributed by atoms with Crippen LogP contribution in [0.2, 0.25) is 0 Å². The second-order valence-corrected chi connectivity index (χ2v) is 7.23. The summed E-state index contributed by atoms with van der Waals surface area (Å²) in [5.41, 5.74) is 4.43. The van der Waals surface area contributed by atoms with Gasteiger partial charge < -0.3 is 13.9 Å². The van der Waals surface area contributed by atoms with Gasteiger partial charge in [0.25, 0.3) is 5.91 Å². The smallest absolute Gasteiger partial charge is 0.252 e. The van der Waals surface area contributed by atoms with Crippen molar-refractivity contribution in [1.82, 2.24) is 25.0 Å². The number of hydrogen-bond donors (Lipinski definition) is 0. The number of allylic oxidation sites excluding steroid dienone is 1. The lowest BCUT2D eigenvalue weighted by Gasteiger charge is -2.22. The van der Waals surface area contributed by atoms with Crippen LogP contribution in [0.4, 0.5) is 5.69 Å². The SMILES string of the molecule is CC=C1N(Cc2c(C)noc2C)CC(=O)N1c1cnn(Cc2c(C)noc2C)c1. The molecule has 0 bridgehead atoms. The molecule has 0 atom stereocenters. The van der Waals surface area contributed by atoms with Gasteiger partial charge in [0.2, 0.25) is 0 Å². The van der Waals surface area contributed by atoms with Crippen molar-refractivity contribution in [1.29, 1.82) is 0 Å². The average molecular weight is 396 g/mol. The molecule has 0 saturated carbocycles. The van der Waals surface area contributed by atoms with E-state index in [0.717, 1.165) is 45.5 Å². The van der Waals surface area contributed by atoms with Crippen LogP contribution in [0.25, 0.3) is 0 Å². The van der Waals surface area contributed by atoms with Crippen LogP contribution in [0.1, 0.15) is 41.0 Å². The number of nitrogens with zero attached hydrogens (tertiary/aromatic N) is 6. The van der Waals surface area contributed by atoms with Crippen molar-refractivity contribution < 1.29 is 13.8 Å². The number of rotatable bonds is 5. The van der Waals surface area contributed by atoms with Gasteiger partial charge in [-0.3, -0.25) is 14.4 Å². The molecule has 3 aromatic rings. The Balaban J connectivity index is 1.57. The zero-order valence-electron chi connectivity index (χ0n) is 17.3. The molecule has 1 aliphatic heterocycles. The van der Waals surface area contributed by atoms with Gasteiger partial charge in [0.1, 0.15) is 17.3 Å². The minimum absolute atomic E-state index is 0.00162. The molecule has 3 aromatic heterocycles. The number of amides is 1. The van der Waals surface area contributed by atoms with Crippen molar-refractivity contribution in [2.75, 3.05) is 11.4 Å². The molecule has 0 unspecified atom stereocenters. The third kappa shape index (κ3) is 3.32. The van der Waals surface area contributed by atoms with Crippen LogP contribution in [0.15, 0.2) is 33.3 Å². The normalized spacial score (nSPS) is 15.9. The molecule has 152 valence electrons. The molecule has 0 N–H and O–H groups in total. The molecule has 1 amide bonds. The van der Waals surface area contributed by atoms with Crippen molar-refractivity contribution >= 4 is 11.6 Å². The Labute approximate surface area is 168 Å². The molecule has 0 radical (unpaired) electrons. The largest absolute Gasteiger partial charge is 0.361 e. The first-order valence-corrected chi connectivity index (χ1v) is 9.49. The maximum atomic E-state index is 12.8. The summed E-state index contributed by atoms with van der Waals surface area (Å²) in [5, 5.41) is 12.4. The van der Waals surface area contributed by atoms with Crippen LogP contribution in [-0.4, -0.2) is 37.4 Å². The molecular weight excluding hydrogens is 372 g/mol. The first kappa shape index (κ1) is 19.0. The molecule has 0 aromatic carbocycles. The van der Waals surface area contributed by atoms with Gasteiger partial charge in [-0.25, -0.2) is 0 Å². The second-order valence-electron chi connectivity index (χ2n) is 7.23. The minimum Gasteiger partial charge on any atom is -0.361 e. The van der Waals surface area contributed by atoms with Crippen molar-refractivity contribution in [2.45, 2.75) is 47.7 Å². The maximum absolute atomic E-state index is 12.8. The molecule has 1 fully saturated rings. The summed E-state index contributed by atoms with van der Waals surface area (Å²) in [5.74, 6) is 2.38. The summed E-state index contributed by atoms with van der Waals surface area (Å²) in [6.45, 7) is 10.9. The van der Waals surface area contributed by atoms with E-state index in [0.29, 0.717) is 19.6 Å². The Hall–Kier alpha value is -3.36. The fourth-order valence-electron chi connectivity index (χ4n) is 3.67. The van der Waals surface area contributed by atoms with Gasteiger partial charge in [-0.05, 0) is 40.7 Å². The lowest BCUT2D eigenvalue weighted by molar-refractivity contribution is -0.116. The zero-order valence-corrected chi connectivity index (χ0v) is 17.3. The van der Waals surface area contributed by atoms with Crippen LogP contribution < -0.4 is 4.90 Å². The van der Waals surface area contributed by atoms with Crippen molar-refractivity contribution in [3.05, 3.63) is 58.3 Å². The van der Waals surface area contributed by atoms with Gasteiger partial charge in [0.15, 0.2) is 0 Å². The summed E-state index contributed by atoms with van der Waals surface area (Å²) in [7, 11) is 0. The van der Waals surface area contributed by atoms with E-state index >= 15 is 0 Å². The number of carbonyl (C=O) groups is 1. The molecule has 9 heteroatoms. The predicted octanol–water partition coefficient (Wildman–Crippen LogP) is 2.85. The van der Waals surface area contributed by atoms with E-state index in [2.05, 4.69) is 15.4 Å². The average Bonchev–Trinajstić information content (AvgIpc) is 3.43. The molecule has 1 saturated heterocycles. The van der Waals surface area contributed by atoms with Gasteiger partial charge in [-0.1, -0.05) is 10.3 Å². The Morgan fingerprint density at radius 1 is 1.03 bits per heavy atom. The number of hydrogen-bond acceptors (Lipinski definition) is 7. The molecule has 1 aliphatic rings. The van der Waals surface area contributed by atoms with Gasteiger partial charge in [-0.15, -0.1) is 0 Å². The number of aryl methyl sites for hydroxylation is 4. The molecular formula is C20H24N6O3. The van der Waals surface area contributed by atoms with Crippen LogP contribution in [0.3, 0.4) is 0 Å². The fourth-order valence-corrected chi connectivity index (χ4v) is 3.67. The molecule has 4 heterocycles. The summed E-state index contributed by atoms with van der Waals surface area (Å²) in [6.07, 6.45) is 5.51. The highest BCUT2D eigenvalue weighted by Gasteiger charge is 2.34. The molecule has 0 spiro atoms. The fraction of sp³-hybridized carbons (Fsp3) is 0.400. The maximum Gasteiger partial charge on any atom is 0.252 e. The van der Waals surface area contributed by atoms with Gasteiger partial charge in [0, 0.05) is 17.3 Å². The van der Waals surface area contributed by atoms with E-state index in [1.807, 2.05) is 51.8 Å². The van der Waals surface area contributed by atoms with E-state index in [9.17, 15) is 4.79 Å². The highest BCUT2D eigenvalue weighted by molar-refractivity contribution is 6.00. The van der Waals surface area contributed by atoms with E-state index in [1.54, 1.807) is 15.8 Å². The lowest BCUT2D eigenvalue weighted by atomic mass is 10.2. The Kier molecular flexibility index (Phi) is 4.73. The minimum atomic E-state index is 0.00162. The third-order valence-corrected chi connectivity index (χ3v) is 5.30. The lowest BCUT2D eigenvalue weighted by Crippen LogP contribution is -2.24. The van der Waals surface area contributed by atoms with Crippen LogP contribution in [0, 0.1) is 27.7 Å². The summed E-state index contributed by atoms with van der Waals surface area (Å²) in [6, 6.07) is 0. The topological polar surface area (TPSA) is 93.4 Å². The summed E-state index contributed by atoms with van der Waals surface area (Å²) < 4.78 is 12.3. The number of anilines is 1. The zero-order chi connectivity index (χ0) is 20.7. The predicted molar refractivity (Wildman–Crippen MR) is 105 cm³/mol. The summed E-state index contributed by atoms with van der Waals surface area (Å²) >= 11 is 0. The third-order valence-electron chi connectivity index (χ3n) is 5.30. The Bertz CT molecular complexity index is 1050. The van der Waals surface area contributed by atoms with Crippen LogP contribution in [-0.2, 0) is 17.9 Å². The molecule has 0 aliphatic carbocycles. The van der Waals surface area contributed by atoms with Gasteiger partial charge in [-0.2, -0.15) is 5.10 Å². The highest BCUT2D eigenvalue weighted by Crippen LogP contribution is 2.30. The quantitative estimate of drug-likeness (QED) is 0.654. The van der Waals surface area contributed by atoms with Crippen molar-refractivity contribution in [2.24, 2.45) is 0 Å². The van der Waals surface area contributed by atoms with Crippen LogP contribution in [0.5, 0.6) is 0 Å². The van der Waals surface area contributed by atoms with Gasteiger partial charge in [0.05, 0.1) is 42.9 Å². The monoisotopic (exact) mass is 396 g/mol. The standard InChI is InChI=1S/C20H24N6O3/c1-6-19-24(9-17-12(2)22-28-14(17)4)11-20(27)26(19)16-7-21-25(8-16)10-18-13(3)23-29-15(18)5/h6-8H,9-11H2,1-5H3. The van der Waals surface area contributed by atoms with Crippen molar-refractivity contribution in [3.63, 3.8) is 0 Å². The second kappa shape index (κ2) is 7.23. The van der Waals surface area contributed by atoms with E-state index < -0.39 is 0 Å². The Morgan fingerprint density at radius 3 is 2.21 bits per heavy atom. The molecule has 9 nitrogen and oxygen atoms in total. The molecule has 4 rings (SSSR count).